The van der Waals surface area contributed by atoms with Crippen LogP contribution in [-0.4, -0.2) is 36.5 Å². The molecule has 2 aliphatic rings. The average Bonchev–Trinajstić information content (AvgIpc) is 2.58. The number of fused-ring (bicyclic) bond motifs is 1. The Morgan fingerprint density at radius 3 is 3.22 bits per heavy atom. The van der Waals surface area contributed by atoms with Gasteiger partial charge >= 0.3 is 0 Å². The number of hydrogen-bond acceptors (Lipinski definition) is 2. The summed E-state index contributed by atoms with van der Waals surface area (Å²) in [6.07, 6.45) is 1.16. The number of nitrogens with one attached hydrogen (secondary N) is 1. The molecule has 50 valence electrons. The lowest BCUT2D eigenvalue weighted by molar-refractivity contribution is -0.130. The predicted molar refractivity (Wildman–Crippen MR) is 33.0 cm³/mol. The molecule has 3 nitrogen and oxygen atoms in total. The molecule has 0 bridgehead atoms. The van der Waals surface area contributed by atoms with Crippen LogP contribution in [0.15, 0.2) is 0 Å². The van der Waals surface area contributed by atoms with Gasteiger partial charge in [0.15, 0.2) is 0 Å². The lowest BCUT2D eigenvalue weighted by Gasteiger charge is -2.21. The molecular formula is C6H10N2O. The van der Waals surface area contributed by atoms with E-state index in [4.69, 9.17) is 0 Å². The minimum absolute atomic E-state index is 0.230. The average molecular weight is 126 g/mol. The summed E-state index contributed by atoms with van der Waals surface area (Å²) in [5.74, 6) is 0.230. The van der Waals surface area contributed by atoms with Gasteiger partial charge in [-0.25, -0.2) is 0 Å². The second-order valence-corrected chi connectivity index (χ2v) is 2.80. The second kappa shape index (κ2) is 1.48. The SMILES string of the molecule is CN1C(=O)CNC2CC21. The zero-order valence-corrected chi connectivity index (χ0v) is 5.42. The summed E-state index contributed by atoms with van der Waals surface area (Å²) in [6.45, 7) is 0.539. The summed E-state index contributed by atoms with van der Waals surface area (Å²) in [5, 5.41) is 3.14. The monoisotopic (exact) mass is 126 g/mol. The summed E-state index contributed by atoms with van der Waals surface area (Å²) >= 11 is 0. The molecule has 1 saturated carbocycles. The van der Waals surface area contributed by atoms with Crippen molar-refractivity contribution in [1.29, 1.82) is 0 Å². The highest BCUT2D eigenvalue weighted by Crippen LogP contribution is 2.29. The van der Waals surface area contributed by atoms with E-state index >= 15 is 0 Å². The van der Waals surface area contributed by atoms with Crippen molar-refractivity contribution in [2.45, 2.75) is 18.5 Å². The minimum atomic E-state index is 0.230. The van der Waals surface area contributed by atoms with E-state index in [1.54, 1.807) is 0 Å². The zero-order chi connectivity index (χ0) is 6.43. The molecule has 0 aromatic carbocycles. The Bertz CT molecular complexity index is 157. The Morgan fingerprint density at radius 2 is 2.56 bits per heavy atom. The quantitative estimate of drug-likeness (QED) is 0.460. The van der Waals surface area contributed by atoms with Crippen molar-refractivity contribution < 1.29 is 4.79 Å². The van der Waals surface area contributed by atoms with Crippen LogP contribution < -0.4 is 5.32 Å². The number of hydrogen-bond donors (Lipinski definition) is 1. The molecule has 1 aliphatic heterocycles. The maximum atomic E-state index is 10.9. The van der Waals surface area contributed by atoms with Gasteiger partial charge in [-0.1, -0.05) is 0 Å². The van der Waals surface area contributed by atoms with E-state index in [-0.39, 0.29) is 5.91 Å². The van der Waals surface area contributed by atoms with Crippen LogP contribution in [-0.2, 0) is 4.79 Å². The first-order valence-corrected chi connectivity index (χ1v) is 3.28. The molecule has 1 aliphatic carbocycles. The van der Waals surface area contributed by atoms with E-state index in [2.05, 4.69) is 5.32 Å². The molecule has 1 saturated heterocycles. The number of amides is 1. The third-order valence-corrected chi connectivity index (χ3v) is 2.16. The fraction of sp³-hybridized carbons (Fsp3) is 0.833. The molecule has 1 N–H and O–H groups in total. The van der Waals surface area contributed by atoms with Gasteiger partial charge in [-0.2, -0.15) is 0 Å². The lowest BCUT2D eigenvalue weighted by Crippen LogP contribution is -2.45. The largest absolute Gasteiger partial charge is 0.340 e. The van der Waals surface area contributed by atoms with Crippen molar-refractivity contribution >= 4 is 5.91 Å². The molecule has 3 heteroatoms. The van der Waals surface area contributed by atoms with Crippen LogP contribution in [0.2, 0.25) is 0 Å². The highest BCUT2D eigenvalue weighted by molar-refractivity contribution is 5.80. The Hall–Kier alpha value is -0.570. The number of carbonyl (C=O) groups is 1. The summed E-state index contributed by atoms with van der Waals surface area (Å²) in [4.78, 5) is 12.7. The van der Waals surface area contributed by atoms with E-state index in [0.29, 0.717) is 18.6 Å². The second-order valence-electron chi connectivity index (χ2n) is 2.80. The third kappa shape index (κ3) is 0.645. The molecule has 1 amide bonds. The Kier molecular flexibility index (Phi) is 0.858. The number of likely N-dealkylation sites (N-methyl/N-ethyl adjacent to an activating group) is 1. The molecule has 0 aromatic rings. The van der Waals surface area contributed by atoms with Gasteiger partial charge in [0.2, 0.25) is 5.91 Å². The van der Waals surface area contributed by atoms with Crippen LogP contribution in [0, 0.1) is 0 Å². The van der Waals surface area contributed by atoms with Crippen molar-refractivity contribution in [2.75, 3.05) is 13.6 Å². The number of carbonyl (C=O) groups excluding carboxylic acids is 1. The molecule has 2 fully saturated rings. The summed E-state index contributed by atoms with van der Waals surface area (Å²) in [7, 11) is 1.88. The highest BCUT2D eigenvalue weighted by atomic mass is 16.2. The third-order valence-electron chi connectivity index (χ3n) is 2.16. The number of rotatable bonds is 0. The molecule has 0 radical (unpaired) electrons. The van der Waals surface area contributed by atoms with Crippen molar-refractivity contribution in [2.24, 2.45) is 0 Å². The smallest absolute Gasteiger partial charge is 0.236 e. The fourth-order valence-electron chi connectivity index (χ4n) is 1.36. The van der Waals surface area contributed by atoms with Gasteiger partial charge < -0.3 is 10.2 Å². The van der Waals surface area contributed by atoms with E-state index < -0.39 is 0 Å². The van der Waals surface area contributed by atoms with Gasteiger partial charge in [-0.3, -0.25) is 4.79 Å². The van der Waals surface area contributed by atoms with Gasteiger partial charge in [0.1, 0.15) is 0 Å². The molecule has 0 aromatic heterocycles. The summed E-state index contributed by atoms with van der Waals surface area (Å²) in [6, 6.07) is 1.14. The summed E-state index contributed by atoms with van der Waals surface area (Å²) < 4.78 is 0. The standard InChI is InChI=1S/C6H10N2O/c1-8-5-2-4(5)7-3-6(8)9/h4-5,7H,2-3H2,1H3. The van der Waals surface area contributed by atoms with Crippen LogP contribution >= 0.6 is 0 Å². The van der Waals surface area contributed by atoms with Gasteiger partial charge in [0, 0.05) is 19.1 Å². The Labute approximate surface area is 54.0 Å². The summed E-state index contributed by atoms with van der Waals surface area (Å²) in [5.41, 5.74) is 0. The zero-order valence-electron chi connectivity index (χ0n) is 5.42. The maximum absolute atomic E-state index is 10.9. The van der Waals surface area contributed by atoms with Gasteiger partial charge in [-0.05, 0) is 6.42 Å². The predicted octanol–water partition coefficient (Wildman–Crippen LogP) is -0.811. The van der Waals surface area contributed by atoms with E-state index in [0.717, 1.165) is 6.42 Å². The van der Waals surface area contributed by atoms with Crippen molar-refractivity contribution in [3.05, 3.63) is 0 Å². The van der Waals surface area contributed by atoms with Gasteiger partial charge in [0.05, 0.1) is 6.54 Å². The first kappa shape index (κ1) is 5.23. The van der Waals surface area contributed by atoms with Crippen LogP contribution in [0.5, 0.6) is 0 Å². The maximum Gasteiger partial charge on any atom is 0.236 e. The number of piperazine rings is 1. The van der Waals surface area contributed by atoms with Gasteiger partial charge in [0.25, 0.3) is 0 Å². The van der Waals surface area contributed by atoms with Crippen LogP contribution in [0.3, 0.4) is 0 Å². The van der Waals surface area contributed by atoms with Gasteiger partial charge in [-0.15, -0.1) is 0 Å². The Balaban J connectivity index is 2.10. The highest BCUT2D eigenvalue weighted by Gasteiger charge is 2.45. The van der Waals surface area contributed by atoms with Crippen molar-refractivity contribution in [1.82, 2.24) is 10.2 Å². The fourth-order valence-corrected chi connectivity index (χ4v) is 1.36. The van der Waals surface area contributed by atoms with Crippen molar-refractivity contribution in [3.63, 3.8) is 0 Å². The van der Waals surface area contributed by atoms with Crippen LogP contribution in [0.1, 0.15) is 6.42 Å². The van der Waals surface area contributed by atoms with E-state index in [1.807, 2.05) is 11.9 Å². The first-order valence-electron chi connectivity index (χ1n) is 3.28. The molecule has 2 rings (SSSR count). The van der Waals surface area contributed by atoms with E-state index in [1.165, 1.54) is 0 Å². The molecular weight excluding hydrogens is 116 g/mol. The molecule has 1 heterocycles. The van der Waals surface area contributed by atoms with Crippen LogP contribution in [0.4, 0.5) is 0 Å². The molecule has 0 spiro atoms. The normalized spacial score (nSPS) is 40.6. The lowest BCUT2D eigenvalue weighted by atomic mass is 10.4. The van der Waals surface area contributed by atoms with Crippen LogP contribution in [0.25, 0.3) is 0 Å². The molecule has 2 unspecified atom stereocenters. The Morgan fingerprint density at radius 1 is 1.78 bits per heavy atom. The number of nitrogens with zero attached hydrogens (tertiary/aromatic N) is 1. The minimum Gasteiger partial charge on any atom is -0.340 e. The first-order chi connectivity index (χ1) is 4.29. The molecule has 9 heavy (non-hydrogen) atoms. The van der Waals surface area contributed by atoms with E-state index in [9.17, 15) is 4.79 Å². The molecule has 2 atom stereocenters. The topological polar surface area (TPSA) is 32.3 Å². The van der Waals surface area contributed by atoms with Crippen molar-refractivity contribution in [3.8, 4) is 0 Å².